The van der Waals surface area contributed by atoms with E-state index in [4.69, 9.17) is 0 Å². The maximum atomic E-state index is 13.1. The second-order valence-electron chi connectivity index (χ2n) is 8.39. The summed E-state index contributed by atoms with van der Waals surface area (Å²) in [6, 6.07) is 14.9. The summed E-state index contributed by atoms with van der Waals surface area (Å²) >= 11 is 0. The van der Waals surface area contributed by atoms with E-state index in [0.717, 1.165) is 43.7 Å². The van der Waals surface area contributed by atoms with Crippen LogP contribution in [0.5, 0.6) is 0 Å². The van der Waals surface area contributed by atoms with E-state index in [9.17, 15) is 9.59 Å². The van der Waals surface area contributed by atoms with Crippen LogP contribution < -0.4 is 10.6 Å². The second-order valence-corrected chi connectivity index (χ2v) is 8.39. The molecule has 1 unspecified atom stereocenters. The molecule has 30 heavy (non-hydrogen) atoms. The predicted octanol–water partition coefficient (Wildman–Crippen LogP) is 3.07. The maximum Gasteiger partial charge on any atom is 0.247 e. The first kappa shape index (κ1) is 22.0. The number of pyridine rings is 1. The van der Waals surface area contributed by atoms with Crippen LogP contribution in [0.3, 0.4) is 0 Å². The molecule has 6 heteroatoms. The molecule has 2 aromatic rings. The molecule has 1 fully saturated rings. The lowest BCUT2D eigenvalue weighted by Crippen LogP contribution is -2.48. The first-order chi connectivity index (χ1) is 14.5. The van der Waals surface area contributed by atoms with E-state index in [0.29, 0.717) is 6.42 Å². The fourth-order valence-electron chi connectivity index (χ4n) is 3.78. The number of nitrogens with zero attached hydrogens (tertiary/aromatic N) is 2. The molecule has 2 amide bonds. The molecule has 1 saturated heterocycles. The molecular weight excluding hydrogens is 376 g/mol. The quantitative estimate of drug-likeness (QED) is 0.704. The topological polar surface area (TPSA) is 74.3 Å². The molecule has 1 atom stereocenters. The van der Waals surface area contributed by atoms with Gasteiger partial charge in [0, 0.05) is 38.3 Å². The summed E-state index contributed by atoms with van der Waals surface area (Å²) in [4.78, 5) is 32.2. The van der Waals surface area contributed by atoms with E-state index in [2.05, 4.69) is 20.5 Å². The number of carbonyl (C=O) groups excluding carboxylic acids is 2. The molecule has 1 aromatic carbocycles. The van der Waals surface area contributed by atoms with Gasteiger partial charge in [0.2, 0.25) is 11.8 Å². The molecule has 2 heterocycles. The number of carbonyl (C=O) groups is 2. The summed E-state index contributed by atoms with van der Waals surface area (Å²) in [5.74, 6) is 0.00795. The Labute approximate surface area is 179 Å². The zero-order chi connectivity index (χ0) is 21.3. The lowest BCUT2D eigenvalue weighted by atomic mass is 10.0. The van der Waals surface area contributed by atoms with Gasteiger partial charge >= 0.3 is 0 Å². The smallest absolute Gasteiger partial charge is 0.247 e. The molecule has 3 rings (SSSR count). The van der Waals surface area contributed by atoms with E-state index < -0.39 is 6.04 Å². The molecule has 1 aliphatic rings. The Bertz CT molecular complexity index is 802. The lowest BCUT2D eigenvalue weighted by molar-refractivity contribution is -0.130. The average Bonchev–Trinajstić information content (AvgIpc) is 2.74. The molecule has 0 radical (unpaired) electrons. The number of piperidine rings is 1. The van der Waals surface area contributed by atoms with Crippen LogP contribution in [0, 0.1) is 5.92 Å². The Hall–Kier alpha value is -2.73. The highest BCUT2D eigenvalue weighted by Crippen LogP contribution is 2.17. The van der Waals surface area contributed by atoms with Crippen molar-refractivity contribution in [1.82, 2.24) is 20.5 Å². The zero-order valence-electron chi connectivity index (χ0n) is 17.9. The Morgan fingerprint density at radius 2 is 1.77 bits per heavy atom. The highest BCUT2D eigenvalue weighted by molar-refractivity contribution is 5.88. The fourth-order valence-corrected chi connectivity index (χ4v) is 3.78. The van der Waals surface area contributed by atoms with Crippen LogP contribution in [0.2, 0.25) is 0 Å². The van der Waals surface area contributed by atoms with Gasteiger partial charge in [-0.2, -0.15) is 0 Å². The number of amides is 2. The van der Waals surface area contributed by atoms with Crippen LogP contribution in [-0.2, 0) is 16.1 Å². The maximum absolute atomic E-state index is 13.1. The summed E-state index contributed by atoms with van der Waals surface area (Å²) in [6.07, 6.45) is 4.00. The number of likely N-dealkylation sites (tertiary alicyclic amines) is 1. The molecule has 0 saturated carbocycles. The van der Waals surface area contributed by atoms with Crippen LogP contribution in [0.1, 0.15) is 50.4 Å². The first-order valence-electron chi connectivity index (χ1n) is 10.8. The highest BCUT2D eigenvalue weighted by Gasteiger charge is 2.27. The molecule has 160 valence electrons. The summed E-state index contributed by atoms with van der Waals surface area (Å²) in [5, 5.41) is 6.09. The summed E-state index contributed by atoms with van der Waals surface area (Å²) in [6.45, 7) is 6.65. The molecule has 6 nitrogen and oxygen atoms in total. The number of benzene rings is 1. The van der Waals surface area contributed by atoms with E-state index in [-0.39, 0.29) is 23.8 Å². The van der Waals surface area contributed by atoms with Gasteiger partial charge < -0.3 is 10.6 Å². The van der Waals surface area contributed by atoms with Crippen molar-refractivity contribution in [2.24, 2.45) is 5.92 Å². The Morgan fingerprint density at radius 1 is 1.07 bits per heavy atom. The van der Waals surface area contributed by atoms with Crippen molar-refractivity contribution in [2.75, 3.05) is 13.1 Å². The summed E-state index contributed by atoms with van der Waals surface area (Å²) in [5.41, 5.74) is 1.87. The number of aromatic nitrogens is 1. The van der Waals surface area contributed by atoms with Crippen molar-refractivity contribution in [3.63, 3.8) is 0 Å². The third-order valence-electron chi connectivity index (χ3n) is 5.34. The predicted molar refractivity (Wildman–Crippen MR) is 117 cm³/mol. The van der Waals surface area contributed by atoms with Gasteiger partial charge in [-0.3, -0.25) is 19.5 Å². The van der Waals surface area contributed by atoms with Gasteiger partial charge in [0.05, 0.1) is 5.69 Å². The van der Waals surface area contributed by atoms with Crippen LogP contribution in [0.25, 0.3) is 0 Å². The molecule has 0 aliphatic carbocycles. The lowest BCUT2D eigenvalue weighted by Gasteiger charge is -2.33. The third-order valence-corrected chi connectivity index (χ3v) is 5.34. The van der Waals surface area contributed by atoms with E-state index in [1.807, 2.05) is 68.6 Å². The normalized spacial score (nSPS) is 16.2. The molecule has 2 N–H and O–H groups in total. The van der Waals surface area contributed by atoms with Crippen LogP contribution >= 0.6 is 0 Å². The fraction of sp³-hybridized carbons (Fsp3) is 0.458. The van der Waals surface area contributed by atoms with Gasteiger partial charge in [-0.15, -0.1) is 0 Å². The third kappa shape index (κ3) is 6.66. The van der Waals surface area contributed by atoms with Gasteiger partial charge in [0.15, 0.2) is 0 Å². The van der Waals surface area contributed by atoms with Crippen LogP contribution in [0.15, 0.2) is 54.7 Å². The first-order valence-corrected chi connectivity index (χ1v) is 10.8. The number of nitrogens with one attached hydrogen (secondary N) is 2. The van der Waals surface area contributed by atoms with Crippen molar-refractivity contribution in [3.05, 3.63) is 66.0 Å². The Morgan fingerprint density at radius 3 is 2.40 bits per heavy atom. The van der Waals surface area contributed by atoms with Crippen molar-refractivity contribution in [3.8, 4) is 0 Å². The monoisotopic (exact) mass is 408 g/mol. The molecule has 1 aromatic heterocycles. The van der Waals surface area contributed by atoms with Crippen molar-refractivity contribution in [1.29, 1.82) is 0 Å². The molecule has 0 bridgehead atoms. The van der Waals surface area contributed by atoms with Gasteiger partial charge in [-0.1, -0.05) is 50.2 Å². The number of hydrogen-bond acceptors (Lipinski definition) is 4. The van der Waals surface area contributed by atoms with Crippen molar-refractivity contribution < 1.29 is 9.59 Å². The summed E-state index contributed by atoms with van der Waals surface area (Å²) in [7, 11) is 0. The minimum absolute atomic E-state index is 0.0980. The highest BCUT2D eigenvalue weighted by atomic mass is 16.2. The SMILES string of the molecule is CC(C)CC(=O)NC(C(=O)NC1CCN(Cc2ccccn2)CC1)c1ccccc1. The minimum atomic E-state index is -0.663. The van der Waals surface area contributed by atoms with Crippen LogP contribution in [0.4, 0.5) is 0 Å². The molecule has 1 aliphatic heterocycles. The van der Waals surface area contributed by atoms with Crippen LogP contribution in [-0.4, -0.2) is 40.8 Å². The largest absolute Gasteiger partial charge is 0.351 e. The van der Waals surface area contributed by atoms with E-state index in [1.54, 1.807) is 0 Å². The van der Waals surface area contributed by atoms with Gasteiger partial charge in [-0.25, -0.2) is 0 Å². The Balaban J connectivity index is 1.56. The molecular formula is C24H32N4O2. The van der Waals surface area contributed by atoms with Crippen molar-refractivity contribution >= 4 is 11.8 Å². The number of hydrogen-bond donors (Lipinski definition) is 2. The van der Waals surface area contributed by atoms with Crippen molar-refractivity contribution in [2.45, 2.75) is 51.7 Å². The average molecular weight is 409 g/mol. The second kappa shape index (κ2) is 10.9. The van der Waals surface area contributed by atoms with Gasteiger partial charge in [0.25, 0.3) is 0 Å². The zero-order valence-corrected chi connectivity index (χ0v) is 17.9. The molecule has 0 spiro atoms. The standard InChI is InChI=1S/C24H32N4O2/c1-18(2)16-22(29)27-23(19-8-4-3-5-9-19)24(30)26-20-11-14-28(15-12-20)17-21-10-6-7-13-25-21/h3-10,13,18,20,23H,11-12,14-17H2,1-2H3,(H,26,30)(H,27,29). The van der Waals surface area contributed by atoms with E-state index >= 15 is 0 Å². The summed E-state index contributed by atoms with van der Waals surface area (Å²) < 4.78 is 0. The van der Waals surface area contributed by atoms with E-state index in [1.165, 1.54) is 0 Å². The van der Waals surface area contributed by atoms with Gasteiger partial charge in [-0.05, 0) is 36.5 Å². The number of rotatable bonds is 8. The Kier molecular flexibility index (Phi) is 7.97. The minimum Gasteiger partial charge on any atom is -0.351 e. The van der Waals surface area contributed by atoms with Gasteiger partial charge in [0.1, 0.15) is 6.04 Å².